The third-order valence-corrected chi connectivity index (χ3v) is 4.90. The number of methoxy groups -OCH3 is 1. The number of alkyl carbamates (subject to hydrolysis) is 1. The van der Waals surface area contributed by atoms with E-state index in [1.807, 2.05) is 18.2 Å². The normalized spacial score (nSPS) is 26.2. The first kappa shape index (κ1) is 15.3. The van der Waals surface area contributed by atoms with E-state index in [1.165, 1.54) is 5.57 Å². The summed E-state index contributed by atoms with van der Waals surface area (Å²) in [6, 6.07) is 5.85. The summed E-state index contributed by atoms with van der Waals surface area (Å²) in [5, 5.41) is 2.79. The predicted octanol–water partition coefficient (Wildman–Crippen LogP) is 2.05. The number of rotatable bonds is 3. The Labute approximate surface area is 141 Å². The minimum absolute atomic E-state index is 0.293. The average Bonchev–Trinajstić information content (AvgIpc) is 2.94. The highest BCUT2D eigenvalue weighted by Gasteiger charge is 2.43. The van der Waals surface area contributed by atoms with Gasteiger partial charge in [-0.1, -0.05) is 0 Å². The van der Waals surface area contributed by atoms with Crippen LogP contribution >= 0.6 is 0 Å². The van der Waals surface area contributed by atoms with Crippen molar-refractivity contribution in [1.82, 2.24) is 10.2 Å². The van der Waals surface area contributed by atoms with E-state index in [1.54, 1.807) is 7.11 Å². The molecule has 3 aliphatic rings. The fourth-order valence-corrected chi connectivity index (χ4v) is 3.76. The molecule has 1 atom stereocenters. The third kappa shape index (κ3) is 2.94. The van der Waals surface area contributed by atoms with Gasteiger partial charge in [-0.2, -0.15) is 0 Å². The van der Waals surface area contributed by atoms with Crippen molar-refractivity contribution in [2.75, 3.05) is 39.9 Å². The Morgan fingerprint density at radius 2 is 2.33 bits per heavy atom. The van der Waals surface area contributed by atoms with Gasteiger partial charge in [0.15, 0.2) is 0 Å². The van der Waals surface area contributed by atoms with E-state index in [-0.39, 0.29) is 11.7 Å². The molecule has 24 heavy (non-hydrogen) atoms. The molecule has 0 aromatic heterocycles. The lowest BCUT2D eigenvalue weighted by Gasteiger charge is -2.38. The standard InChI is InChI=1S/C18H22N2O4/c1-22-15-3-4-16-14(8-15)7-13(10-23-16)9-20-6-2-5-18(12-20)11-19-17(21)24-18/h3-4,7-8H,2,5-6,9-12H2,1H3,(H,19,21)/t18-/m1/s1. The Balaban J connectivity index is 1.47. The van der Waals surface area contributed by atoms with Gasteiger partial charge in [0.25, 0.3) is 0 Å². The van der Waals surface area contributed by atoms with Crippen molar-refractivity contribution in [3.05, 3.63) is 29.3 Å². The second-order valence-corrected chi connectivity index (χ2v) is 6.74. The summed E-state index contributed by atoms with van der Waals surface area (Å²) < 4.78 is 16.7. The molecular formula is C18H22N2O4. The number of nitrogens with one attached hydrogen (secondary N) is 1. The molecule has 1 N–H and O–H groups in total. The first-order chi connectivity index (χ1) is 11.7. The molecule has 6 heteroatoms. The van der Waals surface area contributed by atoms with E-state index in [0.717, 1.165) is 49.5 Å². The molecule has 1 amide bonds. The molecule has 0 saturated carbocycles. The summed E-state index contributed by atoms with van der Waals surface area (Å²) in [7, 11) is 1.67. The van der Waals surface area contributed by atoms with Crippen LogP contribution in [0.25, 0.3) is 6.08 Å². The van der Waals surface area contributed by atoms with Crippen molar-refractivity contribution in [3.8, 4) is 11.5 Å². The van der Waals surface area contributed by atoms with E-state index in [9.17, 15) is 4.79 Å². The monoisotopic (exact) mass is 330 g/mol. The van der Waals surface area contributed by atoms with Crippen molar-refractivity contribution in [2.45, 2.75) is 18.4 Å². The Morgan fingerprint density at radius 1 is 1.42 bits per heavy atom. The number of hydrogen-bond donors (Lipinski definition) is 1. The van der Waals surface area contributed by atoms with Crippen LogP contribution in [0.1, 0.15) is 18.4 Å². The van der Waals surface area contributed by atoms with Gasteiger partial charge in [0.2, 0.25) is 0 Å². The van der Waals surface area contributed by atoms with Crippen molar-refractivity contribution < 1.29 is 19.0 Å². The van der Waals surface area contributed by atoms with Crippen LogP contribution in [0.5, 0.6) is 11.5 Å². The smallest absolute Gasteiger partial charge is 0.407 e. The van der Waals surface area contributed by atoms with E-state index in [0.29, 0.717) is 13.2 Å². The SMILES string of the molecule is COc1ccc2c(c1)C=C(CN1CCC[C@@]3(CNC(=O)O3)C1)CO2. The number of hydrogen-bond acceptors (Lipinski definition) is 5. The summed E-state index contributed by atoms with van der Waals surface area (Å²) in [6.45, 7) is 3.82. The van der Waals surface area contributed by atoms with Crippen LogP contribution in [-0.4, -0.2) is 56.5 Å². The van der Waals surface area contributed by atoms with Gasteiger partial charge in [0.1, 0.15) is 23.7 Å². The van der Waals surface area contributed by atoms with Crippen molar-refractivity contribution in [2.24, 2.45) is 0 Å². The third-order valence-electron chi connectivity index (χ3n) is 4.90. The van der Waals surface area contributed by atoms with Gasteiger partial charge in [-0.15, -0.1) is 0 Å². The van der Waals surface area contributed by atoms with Crippen LogP contribution in [0, 0.1) is 0 Å². The first-order valence-electron chi connectivity index (χ1n) is 8.35. The van der Waals surface area contributed by atoms with Gasteiger partial charge in [-0.3, -0.25) is 4.90 Å². The number of benzene rings is 1. The van der Waals surface area contributed by atoms with Crippen LogP contribution in [0.15, 0.2) is 23.8 Å². The summed E-state index contributed by atoms with van der Waals surface area (Å²) in [5.41, 5.74) is 1.92. The number of ether oxygens (including phenoxy) is 3. The topological polar surface area (TPSA) is 60.0 Å². The minimum atomic E-state index is -0.355. The van der Waals surface area contributed by atoms with Crippen molar-refractivity contribution in [1.29, 1.82) is 0 Å². The lowest BCUT2D eigenvalue weighted by molar-refractivity contribution is -0.00610. The number of nitrogens with zero attached hydrogens (tertiary/aromatic N) is 1. The molecule has 1 aromatic rings. The number of piperidine rings is 1. The molecule has 0 aliphatic carbocycles. The maximum atomic E-state index is 11.4. The van der Waals surface area contributed by atoms with Crippen molar-refractivity contribution >= 4 is 12.2 Å². The zero-order chi connectivity index (χ0) is 16.6. The Bertz CT molecular complexity index is 688. The fraction of sp³-hybridized carbons (Fsp3) is 0.500. The van der Waals surface area contributed by atoms with Gasteiger partial charge in [-0.25, -0.2) is 4.79 Å². The lowest BCUT2D eigenvalue weighted by Crippen LogP contribution is -2.51. The number of carbonyl (C=O) groups excluding carboxylic acids is 1. The molecule has 4 rings (SSSR count). The second-order valence-electron chi connectivity index (χ2n) is 6.74. The second kappa shape index (κ2) is 6.02. The first-order valence-corrected chi connectivity index (χ1v) is 8.35. The van der Waals surface area contributed by atoms with E-state index >= 15 is 0 Å². The molecule has 0 radical (unpaired) electrons. The zero-order valence-corrected chi connectivity index (χ0v) is 13.8. The molecule has 3 heterocycles. The van der Waals surface area contributed by atoms with Crippen LogP contribution in [0.3, 0.4) is 0 Å². The minimum Gasteiger partial charge on any atom is -0.497 e. The Morgan fingerprint density at radius 3 is 3.12 bits per heavy atom. The van der Waals surface area contributed by atoms with Gasteiger partial charge in [0, 0.05) is 18.7 Å². The summed E-state index contributed by atoms with van der Waals surface area (Å²) in [4.78, 5) is 13.8. The molecule has 2 fully saturated rings. The van der Waals surface area contributed by atoms with Crippen LogP contribution < -0.4 is 14.8 Å². The lowest BCUT2D eigenvalue weighted by atomic mass is 9.92. The molecule has 0 bridgehead atoms. The molecule has 6 nitrogen and oxygen atoms in total. The maximum Gasteiger partial charge on any atom is 0.407 e. The highest BCUT2D eigenvalue weighted by atomic mass is 16.6. The Kier molecular flexibility index (Phi) is 3.84. The van der Waals surface area contributed by atoms with E-state index < -0.39 is 0 Å². The van der Waals surface area contributed by atoms with Crippen LogP contribution in [0.4, 0.5) is 4.79 Å². The number of fused-ring (bicyclic) bond motifs is 1. The van der Waals surface area contributed by atoms with E-state index in [2.05, 4.69) is 16.3 Å². The average molecular weight is 330 g/mol. The molecule has 1 aromatic carbocycles. The molecule has 128 valence electrons. The number of amides is 1. The Hall–Kier alpha value is -2.21. The maximum absolute atomic E-state index is 11.4. The molecule has 0 unspecified atom stereocenters. The summed E-state index contributed by atoms with van der Waals surface area (Å²) in [5.74, 6) is 1.72. The predicted molar refractivity (Wildman–Crippen MR) is 89.4 cm³/mol. The van der Waals surface area contributed by atoms with Gasteiger partial charge < -0.3 is 19.5 Å². The largest absolute Gasteiger partial charge is 0.497 e. The van der Waals surface area contributed by atoms with Crippen molar-refractivity contribution in [3.63, 3.8) is 0 Å². The quantitative estimate of drug-likeness (QED) is 0.919. The van der Waals surface area contributed by atoms with Gasteiger partial charge in [0.05, 0.1) is 13.7 Å². The molecule has 1 spiro atoms. The van der Waals surface area contributed by atoms with Gasteiger partial charge in [-0.05, 0) is 49.2 Å². The van der Waals surface area contributed by atoms with Crippen LogP contribution in [0.2, 0.25) is 0 Å². The fourth-order valence-electron chi connectivity index (χ4n) is 3.76. The highest BCUT2D eigenvalue weighted by Crippen LogP contribution is 2.32. The number of likely N-dealkylation sites (tertiary alicyclic amines) is 1. The summed E-state index contributed by atoms with van der Waals surface area (Å²) in [6.07, 6.45) is 3.85. The molecular weight excluding hydrogens is 308 g/mol. The van der Waals surface area contributed by atoms with Crippen LogP contribution in [-0.2, 0) is 4.74 Å². The molecule has 2 saturated heterocycles. The molecule has 3 aliphatic heterocycles. The number of carbonyl (C=O) groups is 1. The highest BCUT2D eigenvalue weighted by molar-refractivity contribution is 5.70. The zero-order valence-electron chi connectivity index (χ0n) is 13.8. The summed E-state index contributed by atoms with van der Waals surface area (Å²) >= 11 is 0. The van der Waals surface area contributed by atoms with Gasteiger partial charge >= 0.3 is 6.09 Å². The van der Waals surface area contributed by atoms with E-state index in [4.69, 9.17) is 14.2 Å².